The van der Waals surface area contributed by atoms with Crippen molar-refractivity contribution in [3.05, 3.63) is 23.7 Å². The van der Waals surface area contributed by atoms with Crippen molar-refractivity contribution in [3.63, 3.8) is 0 Å². The molecule has 1 aromatic rings. The molecule has 5 nitrogen and oxygen atoms in total. The molecule has 0 saturated heterocycles. The van der Waals surface area contributed by atoms with Gasteiger partial charge in [0, 0.05) is 5.92 Å². The molecule has 2 rings (SSSR count). The van der Waals surface area contributed by atoms with Gasteiger partial charge in [-0.2, -0.15) is 5.10 Å². The third-order valence-corrected chi connectivity index (χ3v) is 2.48. The maximum atomic E-state index is 5.56. The minimum atomic E-state index is -0.0613. The molecule has 1 fully saturated rings. The third-order valence-electron chi connectivity index (χ3n) is 2.48. The molecule has 0 bridgehead atoms. The first-order chi connectivity index (χ1) is 7.16. The molecular formula is C10H14N4O. The van der Waals surface area contributed by atoms with Gasteiger partial charge in [0.05, 0.1) is 6.21 Å². The molecule has 0 amide bonds. The van der Waals surface area contributed by atoms with Gasteiger partial charge >= 0.3 is 0 Å². The summed E-state index contributed by atoms with van der Waals surface area (Å²) in [6.45, 7) is 2.21. The molecule has 2 atom stereocenters. The van der Waals surface area contributed by atoms with Gasteiger partial charge in [-0.25, -0.2) is 0 Å². The van der Waals surface area contributed by atoms with Gasteiger partial charge in [-0.15, -0.1) is 5.10 Å². The van der Waals surface area contributed by atoms with Crippen molar-refractivity contribution in [3.8, 4) is 0 Å². The van der Waals surface area contributed by atoms with Crippen molar-refractivity contribution >= 4 is 12.2 Å². The molecule has 4 N–H and O–H groups in total. The second-order valence-electron chi connectivity index (χ2n) is 3.83. The summed E-state index contributed by atoms with van der Waals surface area (Å²) in [6, 6.07) is 3.84. The standard InChI is InChI=1S/C10H14N4O/c1-6-4-8(6)9-3-2-7(15-9)5-13-14-10(11)12/h2-3,5-6,8H,4H2,1H3,(H4,11,12,14)/b13-5+/t6-,8-/m0/s1. The molecule has 80 valence electrons. The van der Waals surface area contributed by atoms with Crippen LogP contribution in [-0.2, 0) is 0 Å². The third kappa shape index (κ3) is 2.37. The second kappa shape index (κ2) is 3.76. The Bertz CT molecular complexity index is 403. The fraction of sp³-hybridized carbons (Fsp3) is 0.400. The molecule has 1 aromatic heterocycles. The monoisotopic (exact) mass is 206 g/mol. The number of rotatable bonds is 3. The van der Waals surface area contributed by atoms with Crippen molar-refractivity contribution in [2.75, 3.05) is 0 Å². The topological polar surface area (TPSA) is 89.9 Å². The van der Waals surface area contributed by atoms with E-state index in [0.29, 0.717) is 11.7 Å². The highest BCUT2D eigenvalue weighted by Gasteiger charge is 2.36. The van der Waals surface area contributed by atoms with Crippen LogP contribution in [0.3, 0.4) is 0 Å². The van der Waals surface area contributed by atoms with Crippen LogP contribution < -0.4 is 11.5 Å². The Balaban J connectivity index is 2.01. The number of guanidine groups is 1. The first-order valence-electron chi connectivity index (χ1n) is 4.88. The molecule has 1 aliphatic carbocycles. The Morgan fingerprint density at radius 3 is 2.87 bits per heavy atom. The number of nitrogens with zero attached hydrogens (tertiary/aromatic N) is 2. The molecule has 1 heterocycles. The average molecular weight is 206 g/mol. The second-order valence-corrected chi connectivity index (χ2v) is 3.83. The number of nitrogens with two attached hydrogens (primary N) is 2. The Labute approximate surface area is 87.9 Å². The van der Waals surface area contributed by atoms with Crippen LogP contribution in [-0.4, -0.2) is 12.2 Å². The van der Waals surface area contributed by atoms with Crippen LogP contribution in [0.5, 0.6) is 0 Å². The van der Waals surface area contributed by atoms with Gasteiger partial charge in [0.15, 0.2) is 0 Å². The van der Waals surface area contributed by atoms with Crippen LogP contribution in [0.2, 0.25) is 0 Å². The highest BCUT2D eigenvalue weighted by molar-refractivity contribution is 5.79. The van der Waals surface area contributed by atoms with Gasteiger partial charge in [-0.1, -0.05) is 6.92 Å². The molecule has 0 spiro atoms. The zero-order valence-electron chi connectivity index (χ0n) is 8.55. The van der Waals surface area contributed by atoms with Gasteiger partial charge in [0.2, 0.25) is 5.96 Å². The summed E-state index contributed by atoms with van der Waals surface area (Å²) in [5.41, 5.74) is 10.2. The SMILES string of the molecule is C[C@H]1C[C@@H]1c1ccc(/C=N/N=C(N)N)o1. The largest absolute Gasteiger partial charge is 0.460 e. The Hall–Kier alpha value is -1.78. The molecule has 0 aromatic carbocycles. The molecule has 1 saturated carbocycles. The van der Waals surface area contributed by atoms with Gasteiger partial charge in [-0.3, -0.25) is 0 Å². The number of hydrogen-bond donors (Lipinski definition) is 2. The molecule has 15 heavy (non-hydrogen) atoms. The quantitative estimate of drug-likeness (QED) is 0.439. The van der Waals surface area contributed by atoms with E-state index >= 15 is 0 Å². The highest BCUT2D eigenvalue weighted by Crippen LogP contribution is 2.47. The van der Waals surface area contributed by atoms with Gasteiger partial charge in [-0.05, 0) is 24.5 Å². The Morgan fingerprint density at radius 2 is 2.27 bits per heavy atom. The lowest BCUT2D eigenvalue weighted by molar-refractivity contribution is 0.500. The van der Waals surface area contributed by atoms with Gasteiger partial charge in [0.25, 0.3) is 0 Å². The van der Waals surface area contributed by atoms with Crippen LogP contribution in [0, 0.1) is 5.92 Å². The Morgan fingerprint density at radius 1 is 1.53 bits per heavy atom. The smallest absolute Gasteiger partial charge is 0.211 e. The lowest BCUT2D eigenvalue weighted by atomic mass is 10.3. The summed E-state index contributed by atoms with van der Waals surface area (Å²) in [5.74, 6) is 2.95. The lowest BCUT2D eigenvalue weighted by Gasteiger charge is -1.89. The van der Waals surface area contributed by atoms with E-state index in [9.17, 15) is 0 Å². The predicted molar refractivity (Wildman–Crippen MR) is 58.6 cm³/mol. The van der Waals surface area contributed by atoms with E-state index in [-0.39, 0.29) is 5.96 Å². The van der Waals surface area contributed by atoms with Gasteiger partial charge in [0.1, 0.15) is 11.5 Å². The lowest BCUT2D eigenvalue weighted by Crippen LogP contribution is -2.21. The average Bonchev–Trinajstić information content (AvgIpc) is 2.73. The Kier molecular flexibility index (Phi) is 2.45. The van der Waals surface area contributed by atoms with Crippen molar-refractivity contribution in [2.24, 2.45) is 27.6 Å². The van der Waals surface area contributed by atoms with Crippen molar-refractivity contribution < 1.29 is 4.42 Å². The van der Waals surface area contributed by atoms with Crippen LogP contribution in [0.15, 0.2) is 26.8 Å². The summed E-state index contributed by atoms with van der Waals surface area (Å²) in [4.78, 5) is 0. The van der Waals surface area contributed by atoms with Crippen molar-refractivity contribution in [1.82, 2.24) is 0 Å². The minimum absolute atomic E-state index is 0.0613. The summed E-state index contributed by atoms with van der Waals surface area (Å²) < 4.78 is 5.56. The van der Waals surface area contributed by atoms with Crippen LogP contribution in [0.4, 0.5) is 0 Å². The first-order valence-corrected chi connectivity index (χ1v) is 4.88. The normalized spacial score (nSPS) is 24.3. The summed E-state index contributed by atoms with van der Waals surface area (Å²) in [6.07, 6.45) is 2.70. The van der Waals surface area contributed by atoms with Crippen molar-refractivity contribution in [1.29, 1.82) is 0 Å². The first kappa shape index (κ1) is 9.76. The van der Waals surface area contributed by atoms with Crippen LogP contribution >= 0.6 is 0 Å². The van der Waals surface area contributed by atoms with Gasteiger partial charge < -0.3 is 15.9 Å². The maximum absolute atomic E-state index is 5.56. The fourth-order valence-corrected chi connectivity index (χ4v) is 1.51. The van der Waals surface area contributed by atoms with E-state index in [1.54, 1.807) is 0 Å². The highest BCUT2D eigenvalue weighted by atomic mass is 16.3. The van der Waals surface area contributed by atoms with E-state index < -0.39 is 0 Å². The predicted octanol–water partition coefficient (Wildman–Crippen LogP) is 1.01. The van der Waals surface area contributed by atoms with E-state index in [1.165, 1.54) is 12.6 Å². The molecule has 0 radical (unpaired) electrons. The summed E-state index contributed by atoms with van der Waals surface area (Å²) in [7, 11) is 0. The maximum Gasteiger partial charge on any atom is 0.211 e. The molecule has 0 aliphatic heterocycles. The van der Waals surface area contributed by atoms with E-state index in [0.717, 1.165) is 11.7 Å². The van der Waals surface area contributed by atoms with Crippen LogP contribution in [0.1, 0.15) is 30.8 Å². The van der Waals surface area contributed by atoms with E-state index in [2.05, 4.69) is 17.1 Å². The molecule has 5 heteroatoms. The molecular weight excluding hydrogens is 192 g/mol. The summed E-state index contributed by atoms with van der Waals surface area (Å²) >= 11 is 0. The number of hydrogen-bond acceptors (Lipinski definition) is 3. The zero-order chi connectivity index (χ0) is 10.8. The molecule has 0 unspecified atom stereocenters. The fourth-order valence-electron chi connectivity index (χ4n) is 1.51. The van der Waals surface area contributed by atoms with E-state index in [1.807, 2.05) is 12.1 Å². The number of furan rings is 1. The minimum Gasteiger partial charge on any atom is -0.460 e. The van der Waals surface area contributed by atoms with E-state index in [4.69, 9.17) is 15.9 Å². The zero-order valence-corrected chi connectivity index (χ0v) is 8.55. The molecule has 1 aliphatic rings. The summed E-state index contributed by atoms with van der Waals surface area (Å²) in [5, 5.41) is 7.16. The van der Waals surface area contributed by atoms with Crippen molar-refractivity contribution in [2.45, 2.75) is 19.3 Å². The van der Waals surface area contributed by atoms with Crippen LogP contribution in [0.25, 0.3) is 0 Å².